The van der Waals surface area contributed by atoms with E-state index in [2.05, 4.69) is 43.4 Å². The lowest BCUT2D eigenvalue weighted by Gasteiger charge is -1.92. The highest BCUT2D eigenvalue weighted by Crippen LogP contribution is 2.00. The molecule has 0 aliphatic heterocycles. The van der Waals surface area contributed by atoms with Crippen molar-refractivity contribution in [2.45, 2.75) is 58.5 Å². The van der Waals surface area contributed by atoms with Crippen LogP contribution < -0.4 is 0 Å². The van der Waals surface area contributed by atoms with Crippen LogP contribution in [0, 0.1) is 0 Å². The van der Waals surface area contributed by atoms with E-state index in [1.807, 2.05) is 12.2 Å². The lowest BCUT2D eigenvalue weighted by atomic mass is 10.2. The molecule has 0 radical (unpaired) electrons. The Morgan fingerprint density at radius 2 is 1.11 bits per heavy atom. The standard InChI is InChI=1S/C17H28O/c1-3-4-5-6-7-8-9-10-11-12-13-14-15-16-17(2)18/h3-4,7-8,11-12,15-18H,5-6,9-10,13-14H2,1-2H3. The van der Waals surface area contributed by atoms with Crippen molar-refractivity contribution in [2.24, 2.45) is 0 Å². The third-order valence-electron chi connectivity index (χ3n) is 2.48. The Morgan fingerprint density at radius 1 is 0.722 bits per heavy atom. The average molecular weight is 248 g/mol. The van der Waals surface area contributed by atoms with E-state index in [1.54, 1.807) is 6.92 Å². The molecule has 0 rings (SSSR count). The summed E-state index contributed by atoms with van der Waals surface area (Å²) in [5, 5.41) is 9.01. The Bertz CT molecular complexity index is 269. The van der Waals surface area contributed by atoms with Crippen molar-refractivity contribution in [2.75, 3.05) is 0 Å². The zero-order chi connectivity index (χ0) is 13.5. The molecular weight excluding hydrogens is 220 g/mol. The van der Waals surface area contributed by atoms with Gasteiger partial charge in [0.15, 0.2) is 0 Å². The molecule has 0 aromatic carbocycles. The number of hydrogen-bond donors (Lipinski definition) is 1. The van der Waals surface area contributed by atoms with E-state index in [1.165, 1.54) is 0 Å². The van der Waals surface area contributed by atoms with E-state index in [0.717, 1.165) is 38.5 Å². The van der Waals surface area contributed by atoms with Gasteiger partial charge >= 0.3 is 0 Å². The maximum atomic E-state index is 9.01. The highest BCUT2D eigenvalue weighted by atomic mass is 16.3. The first-order chi connectivity index (χ1) is 8.77. The van der Waals surface area contributed by atoms with Crippen molar-refractivity contribution < 1.29 is 5.11 Å². The van der Waals surface area contributed by atoms with Crippen LogP contribution in [0.15, 0.2) is 48.6 Å². The van der Waals surface area contributed by atoms with Crippen molar-refractivity contribution in [3.05, 3.63) is 48.6 Å². The van der Waals surface area contributed by atoms with E-state index < -0.39 is 0 Å². The quantitative estimate of drug-likeness (QED) is 0.428. The molecule has 0 aromatic heterocycles. The van der Waals surface area contributed by atoms with Gasteiger partial charge in [-0.15, -0.1) is 0 Å². The number of hydrogen-bond acceptors (Lipinski definition) is 1. The largest absolute Gasteiger partial charge is 0.389 e. The lowest BCUT2D eigenvalue weighted by molar-refractivity contribution is 0.244. The monoisotopic (exact) mass is 248 g/mol. The molecule has 1 atom stereocenters. The summed E-state index contributed by atoms with van der Waals surface area (Å²) >= 11 is 0. The molecule has 0 saturated heterocycles. The number of aliphatic hydroxyl groups is 1. The van der Waals surface area contributed by atoms with Crippen molar-refractivity contribution >= 4 is 0 Å². The molecule has 102 valence electrons. The minimum absolute atomic E-state index is 0.318. The molecule has 1 nitrogen and oxygen atoms in total. The maximum Gasteiger partial charge on any atom is 0.0692 e. The van der Waals surface area contributed by atoms with E-state index >= 15 is 0 Å². The van der Waals surface area contributed by atoms with Gasteiger partial charge in [0.05, 0.1) is 6.10 Å². The minimum atomic E-state index is -0.318. The fourth-order valence-electron chi connectivity index (χ4n) is 1.51. The summed E-state index contributed by atoms with van der Waals surface area (Å²) in [5.41, 5.74) is 0. The van der Waals surface area contributed by atoms with Crippen LogP contribution in [0.25, 0.3) is 0 Å². The first-order valence-electron chi connectivity index (χ1n) is 7.03. The van der Waals surface area contributed by atoms with Gasteiger partial charge in [0.25, 0.3) is 0 Å². The van der Waals surface area contributed by atoms with Gasteiger partial charge in [-0.25, -0.2) is 0 Å². The molecule has 18 heavy (non-hydrogen) atoms. The molecule has 0 aliphatic rings. The average Bonchev–Trinajstić information content (AvgIpc) is 2.34. The van der Waals surface area contributed by atoms with Crippen LogP contribution in [-0.2, 0) is 0 Å². The fraction of sp³-hybridized carbons (Fsp3) is 0.529. The Hall–Kier alpha value is -1.08. The molecule has 0 heterocycles. The van der Waals surface area contributed by atoms with Gasteiger partial charge in [0.2, 0.25) is 0 Å². The summed E-state index contributed by atoms with van der Waals surface area (Å²) in [6, 6.07) is 0. The van der Waals surface area contributed by atoms with Crippen LogP contribution in [0.3, 0.4) is 0 Å². The lowest BCUT2D eigenvalue weighted by Crippen LogP contribution is -1.90. The van der Waals surface area contributed by atoms with Gasteiger partial charge in [-0.3, -0.25) is 0 Å². The fourth-order valence-corrected chi connectivity index (χ4v) is 1.51. The molecule has 0 aliphatic carbocycles. The van der Waals surface area contributed by atoms with Gasteiger partial charge < -0.3 is 5.11 Å². The van der Waals surface area contributed by atoms with Gasteiger partial charge in [-0.05, 0) is 52.4 Å². The smallest absolute Gasteiger partial charge is 0.0692 e. The molecule has 1 unspecified atom stereocenters. The second-order valence-electron chi connectivity index (χ2n) is 4.41. The van der Waals surface area contributed by atoms with Gasteiger partial charge in [-0.2, -0.15) is 0 Å². The zero-order valence-corrected chi connectivity index (χ0v) is 11.9. The van der Waals surface area contributed by atoms with Crippen molar-refractivity contribution in [1.82, 2.24) is 0 Å². The Morgan fingerprint density at radius 3 is 1.50 bits per heavy atom. The van der Waals surface area contributed by atoms with Crippen LogP contribution >= 0.6 is 0 Å². The van der Waals surface area contributed by atoms with Gasteiger partial charge in [-0.1, -0.05) is 48.6 Å². The molecule has 0 fully saturated rings. The summed E-state index contributed by atoms with van der Waals surface area (Å²) < 4.78 is 0. The second-order valence-corrected chi connectivity index (χ2v) is 4.41. The van der Waals surface area contributed by atoms with Crippen LogP contribution in [0.5, 0.6) is 0 Å². The molecule has 1 N–H and O–H groups in total. The van der Waals surface area contributed by atoms with Crippen LogP contribution in [0.1, 0.15) is 52.4 Å². The van der Waals surface area contributed by atoms with E-state index in [-0.39, 0.29) is 6.10 Å². The highest BCUT2D eigenvalue weighted by molar-refractivity contribution is 4.92. The van der Waals surface area contributed by atoms with E-state index in [4.69, 9.17) is 5.11 Å². The minimum Gasteiger partial charge on any atom is -0.389 e. The summed E-state index contributed by atoms with van der Waals surface area (Å²) in [5.74, 6) is 0. The van der Waals surface area contributed by atoms with Crippen molar-refractivity contribution in [3.63, 3.8) is 0 Å². The summed E-state index contributed by atoms with van der Waals surface area (Å²) in [7, 11) is 0. The first kappa shape index (κ1) is 16.9. The number of allylic oxidation sites excluding steroid dienone is 7. The van der Waals surface area contributed by atoms with Crippen molar-refractivity contribution in [1.29, 1.82) is 0 Å². The summed E-state index contributed by atoms with van der Waals surface area (Å²) in [4.78, 5) is 0. The van der Waals surface area contributed by atoms with E-state index in [0.29, 0.717) is 0 Å². The third kappa shape index (κ3) is 14.9. The van der Waals surface area contributed by atoms with Gasteiger partial charge in [0, 0.05) is 0 Å². The third-order valence-corrected chi connectivity index (χ3v) is 2.48. The molecule has 0 saturated carbocycles. The molecular formula is C17H28O. The SMILES string of the molecule is CC=CCCC=CCCC=CCCC=CC(C)O. The normalized spacial score (nSPS) is 14.6. The van der Waals surface area contributed by atoms with E-state index in [9.17, 15) is 0 Å². The Balaban J connectivity index is 3.32. The second kappa shape index (κ2) is 14.0. The molecule has 0 aromatic rings. The highest BCUT2D eigenvalue weighted by Gasteiger charge is 1.83. The summed E-state index contributed by atoms with van der Waals surface area (Å²) in [6.45, 7) is 3.83. The predicted molar refractivity (Wildman–Crippen MR) is 81.6 cm³/mol. The topological polar surface area (TPSA) is 20.2 Å². The molecule has 0 bridgehead atoms. The van der Waals surface area contributed by atoms with Crippen LogP contribution in [-0.4, -0.2) is 11.2 Å². The first-order valence-corrected chi connectivity index (χ1v) is 7.03. The molecule has 0 spiro atoms. The number of unbranched alkanes of at least 4 members (excludes halogenated alkanes) is 3. The number of aliphatic hydroxyl groups excluding tert-OH is 1. The molecule has 0 amide bonds. The van der Waals surface area contributed by atoms with Crippen LogP contribution in [0.2, 0.25) is 0 Å². The van der Waals surface area contributed by atoms with Gasteiger partial charge in [0.1, 0.15) is 0 Å². The zero-order valence-electron chi connectivity index (χ0n) is 11.9. The Kier molecular flexibility index (Phi) is 13.1. The molecule has 1 heteroatoms. The van der Waals surface area contributed by atoms with Crippen LogP contribution in [0.4, 0.5) is 0 Å². The predicted octanol–water partition coefficient (Wildman–Crippen LogP) is 4.95. The van der Waals surface area contributed by atoms with Crippen molar-refractivity contribution in [3.8, 4) is 0 Å². The maximum absolute atomic E-state index is 9.01. The summed E-state index contributed by atoms with van der Waals surface area (Å²) in [6.07, 6.45) is 23.5. The number of rotatable bonds is 10. The Labute approximate surface area is 113 Å².